The van der Waals surface area contributed by atoms with Crippen LogP contribution in [0, 0.1) is 13.8 Å². The monoisotopic (exact) mass is 355 g/mol. The van der Waals surface area contributed by atoms with Crippen molar-refractivity contribution in [3.8, 4) is 0 Å². The maximum atomic E-state index is 12.8. The highest BCUT2D eigenvalue weighted by molar-refractivity contribution is 7.20. The van der Waals surface area contributed by atoms with Gasteiger partial charge in [-0.1, -0.05) is 30.3 Å². The summed E-state index contributed by atoms with van der Waals surface area (Å²) in [5, 5.41) is 4.67. The Kier molecular flexibility index (Phi) is 4.76. The SMILES string of the molecule is CCOC(=O)c1sc2nc(C)n(/N=C/c3ccccc3)c(=O)c2c1C. The number of hydrogen-bond acceptors (Lipinski definition) is 6. The molecule has 0 atom stereocenters. The van der Waals surface area contributed by atoms with Gasteiger partial charge in [-0.3, -0.25) is 4.79 Å². The Morgan fingerprint density at radius 2 is 2.04 bits per heavy atom. The Bertz CT molecular complexity index is 1020. The number of aryl methyl sites for hydroxylation is 2. The number of hydrogen-bond donors (Lipinski definition) is 0. The third kappa shape index (κ3) is 3.23. The largest absolute Gasteiger partial charge is 0.462 e. The van der Waals surface area contributed by atoms with Crippen molar-refractivity contribution in [2.24, 2.45) is 5.10 Å². The van der Waals surface area contributed by atoms with E-state index in [9.17, 15) is 9.59 Å². The number of aromatic nitrogens is 2. The van der Waals surface area contributed by atoms with Crippen molar-refractivity contribution in [1.29, 1.82) is 0 Å². The minimum atomic E-state index is -0.431. The van der Waals surface area contributed by atoms with Gasteiger partial charge in [-0.2, -0.15) is 9.78 Å². The fourth-order valence-corrected chi connectivity index (χ4v) is 3.58. The van der Waals surface area contributed by atoms with Crippen LogP contribution in [-0.4, -0.2) is 28.5 Å². The molecule has 25 heavy (non-hydrogen) atoms. The van der Waals surface area contributed by atoms with Crippen LogP contribution in [0.3, 0.4) is 0 Å². The number of thiophene rings is 1. The summed E-state index contributed by atoms with van der Waals surface area (Å²) >= 11 is 1.17. The molecule has 0 aliphatic rings. The first kappa shape index (κ1) is 17.0. The van der Waals surface area contributed by atoms with Crippen LogP contribution in [0.15, 0.2) is 40.2 Å². The molecule has 6 nitrogen and oxygen atoms in total. The molecule has 0 N–H and O–H groups in total. The molecule has 0 saturated carbocycles. The number of carbonyl (C=O) groups excluding carboxylic acids is 1. The van der Waals surface area contributed by atoms with E-state index >= 15 is 0 Å². The van der Waals surface area contributed by atoms with Crippen LogP contribution >= 0.6 is 11.3 Å². The van der Waals surface area contributed by atoms with E-state index in [4.69, 9.17) is 4.74 Å². The van der Waals surface area contributed by atoms with Crippen molar-refractivity contribution in [2.45, 2.75) is 20.8 Å². The zero-order chi connectivity index (χ0) is 18.0. The number of nitrogens with zero attached hydrogens (tertiary/aromatic N) is 3. The molecule has 128 valence electrons. The predicted molar refractivity (Wildman–Crippen MR) is 98.7 cm³/mol. The summed E-state index contributed by atoms with van der Waals surface area (Å²) in [5.74, 6) is 0.0285. The van der Waals surface area contributed by atoms with Gasteiger partial charge in [0.15, 0.2) is 0 Å². The van der Waals surface area contributed by atoms with Crippen molar-refractivity contribution in [2.75, 3.05) is 6.61 Å². The normalized spacial score (nSPS) is 11.3. The second-order valence-electron chi connectivity index (χ2n) is 5.39. The van der Waals surface area contributed by atoms with E-state index in [0.717, 1.165) is 5.56 Å². The molecule has 0 bridgehead atoms. The van der Waals surface area contributed by atoms with Gasteiger partial charge < -0.3 is 4.74 Å². The molecule has 0 saturated heterocycles. The third-order valence-electron chi connectivity index (χ3n) is 3.69. The Balaban J connectivity index is 2.12. The lowest BCUT2D eigenvalue weighted by Gasteiger charge is -2.03. The highest BCUT2D eigenvalue weighted by atomic mass is 32.1. The lowest BCUT2D eigenvalue weighted by molar-refractivity contribution is 0.0531. The summed E-state index contributed by atoms with van der Waals surface area (Å²) < 4.78 is 6.30. The average Bonchev–Trinajstić information content (AvgIpc) is 2.92. The molecule has 2 aromatic heterocycles. The summed E-state index contributed by atoms with van der Waals surface area (Å²) in [6.07, 6.45) is 1.61. The molecule has 3 aromatic rings. The van der Waals surface area contributed by atoms with Gasteiger partial charge in [-0.15, -0.1) is 11.3 Å². The minimum absolute atomic E-state index is 0.282. The Hall–Kier alpha value is -2.80. The van der Waals surface area contributed by atoms with Crippen LogP contribution in [0.2, 0.25) is 0 Å². The Morgan fingerprint density at radius 3 is 2.72 bits per heavy atom. The summed E-state index contributed by atoms with van der Waals surface area (Å²) in [6, 6.07) is 9.49. The lowest BCUT2D eigenvalue weighted by Crippen LogP contribution is -2.20. The van der Waals surface area contributed by atoms with Crippen LogP contribution in [0.25, 0.3) is 10.2 Å². The molecule has 0 radical (unpaired) electrons. The summed E-state index contributed by atoms with van der Waals surface area (Å²) in [5.41, 5.74) is 1.17. The molecular weight excluding hydrogens is 338 g/mol. The zero-order valence-corrected chi connectivity index (χ0v) is 15.0. The van der Waals surface area contributed by atoms with E-state index in [2.05, 4.69) is 10.1 Å². The average molecular weight is 355 g/mol. The number of rotatable bonds is 4. The van der Waals surface area contributed by atoms with Gasteiger partial charge >= 0.3 is 5.97 Å². The van der Waals surface area contributed by atoms with Crippen LogP contribution < -0.4 is 5.56 Å². The molecule has 1 aromatic carbocycles. The maximum Gasteiger partial charge on any atom is 0.348 e. The number of benzene rings is 1. The number of ether oxygens (including phenoxy) is 1. The quantitative estimate of drug-likeness (QED) is 0.532. The molecule has 2 heterocycles. The van der Waals surface area contributed by atoms with Crippen molar-refractivity contribution >= 4 is 33.7 Å². The second kappa shape index (κ2) is 6.98. The fourth-order valence-electron chi connectivity index (χ4n) is 2.47. The standard InChI is InChI=1S/C18H17N3O3S/c1-4-24-18(23)15-11(2)14-16(25-15)20-12(3)21(17(14)22)19-10-13-8-6-5-7-9-13/h5-10H,4H2,1-3H3/b19-10+. The van der Waals surface area contributed by atoms with Crippen LogP contribution in [0.4, 0.5) is 0 Å². The number of fused-ring (bicyclic) bond motifs is 1. The molecule has 0 spiro atoms. The molecular formula is C18H17N3O3S. The maximum absolute atomic E-state index is 12.8. The molecule has 0 fully saturated rings. The van der Waals surface area contributed by atoms with E-state index in [1.165, 1.54) is 16.0 Å². The van der Waals surface area contributed by atoms with E-state index < -0.39 is 5.97 Å². The van der Waals surface area contributed by atoms with E-state index in [0.29, 0.717) is 26.5 Å². The van der Waals surface area contributed by atoms with Crippen LogP contribution in [0.1, 0.15) is 33.5 Å². The third-order valence-corrected chi connectivity index (χ3v) is 4.85. The van der Waals surface area contributed by atoms with Gasteiger partial charge in [-0.25, -0.2) is 9.78 Å². The summed E-state index contributed by atoms with van der Waals surface area (Å²) in [7, 11) is 0. The molecule has 0 aliphatic heterocycles. The minimum Gasteiger partial charge on any atom is -0.462 e. The Labute approximate surface area is 148 Å². The van der Waals surface area contributed by atoms with Gasteiger partial charge in [0.25, 0.3) is 5.56 Å². The highest BCUT2D eigenvalue weighted by Crippen LogP contribution is 2.28. The molecule has 0 aliphatic carbocycles. The van der Waals surface area contributed by atoms with Gasteiger partial charge in [0.1, 0.15) is 15.5 Å². The van der Waals surface area contributed by atoms with Crippen LogP contribution in [-0.2, 0) is 4.74 Å². The molecule has 0 unspecified atom stereocenters. The van der Waals surface area contributed by atoms with Gasteiger partial charge in [-0.05, 0) is 31.9 Å². The number of carbonyl (C=O) groups is 1. The first-order valence-electron chi connectivity index (χ1n) is 7.82. The Morgan fingerprint density at radius 1 is 1.32 bits per heavy atom. The topological polar surface area (TPSA) is 73.5 Å². The smallest absolute Gasteiger partial charge is 0.348 e. The lowest BCUT2D eigenvalue weighted by atomic mass is 10.2. The molecule has 0 amide bonds. The second-order valence-corrected chi connectivity index (χ2v) is 6.39. The van der Waals surface area contributed by atoms with Crippen molar-refractivity contribution < 1.29 is 9.53 Å². The highest BCUT2D eigenvalue weighted by Gasteiger charge is 2.21. The van der Waals surface area contributed by atoms with E-state index in [1.807, 2.05) is 30.3 Å². The van der Waals surface area contributed by atoms with Gasteiger partial charge in [0.2, 0.25) is 0 Å². The summed E-state index contributed by atoms with van der Waals surface area (Å²) in [6.45, 7) is 5.47. The fraction of sp³-hybridized carbons (Fsp3) is 0.222. The molecule has 3 rings (SSSR count). The first-order chi connectivity index (χ1) is 12.0. The van der Waals surface area contributed by atoms with Gasteiger partial charge in [0, 0.05) is 0 Å². The van der Waals surface area contributed by atoms with Crippen molar-refractivity contribution in [3.63, 3.8) is 0 Å². The first-order valence-corrected chi connectivity index (χ1v) is 8.63. The van der Waals surface area contributed by atoms with E-state index in [-0.39, 0.29) is 12.2 Å². The zero-order valence-electron chi connectivity index (χ0n) is 14.1. The number of esters is 1. The van der Waals surface area contributed by atoms with Crippen molar-refractivity contribution in [1.82, 2.24) is 9.66 Å². The van der Waals surface area contributed by atoms with Crippen LogP contribution in [0.5, 0.6) is 0 Å². The predicted octanol–water partition coefficient (Wildman–Crippen LogP) is 3.13. The van der Waals surface area contributed by atoms with Gasteiger partial charge in [0.05, 0.1) is 18.2 Å². The van der Waals surface area contributed by atoms with Crippen molar-refractivity contribution in [3.05, 3.63) is 62.5 Å². The molecule has 7 heteroatoms. The summed E-state index contributed by atoms with van der Waals surface area (Å²) in [4.78, 5) is 30.3. The van der Waals surface area contributed by atoms with E-state index in [1.54, 1.807) is 27.0 Å².